The topological polar surface area (TPSA) is 25.2 Å². The molecule has 1 aliphatic rings. The maximum atomic E-state index is 12.8. The number of benzene rings is 1. The second-order valence-corrected chi connectivity index (χ2v) is 7.74. The molecule has 1 aromatic heterocycles. The van der Waals surface area contributed by atoms with E-state index in [0.717, 1.165) is 40.2 Å². The average molecular weight is 410 g/mol. The molecule has 2 aromatic rings. The van der Waals surface area contributed by atoms with E-state index in [1.54, 1.807) is 0 Å². The monoisotopic (exact) mass is 408 g/mol. The number of carbonyl (C=O) groups is 1. The summed E-state index contributed by atoms with van der Waals surface area (Å²) >= 11 is 9.65. The maximum Gasteiger partial charge on any atom is 0.178 e. The zero-order valence-electron chi connectivity index (χ0n) is 14.1. The molecule has 2 heterocycles. The third kappa shape index (κ3) is 3.61. The van der Waals surface area contributed by atoms with Crippen molar-refractivity contribution in [2.24, 2.45) is 0 Å². The number of ketones is 1. The molecule has 0 N–H and O–H groups in total. The predicted octanol–water partition coefficient (Wildman–Crippen LogP) is 5.18. The number of hydrogen-bond acceptors (Lipinski definition) is 2. The van der Waals surface area contributed by atoms with Gasteiger partial charge in [0.1, 0.15) is 0 Å². The first-order valence-corrected chi connectivity index (χ1v) is 9.54. The zero-order valence-corrected chi connectivity index (χ0v) is 16.5. The summed E-state index contributed by atoms with van der Waals surface area (Å²) in [7, 11) is 0. The van der Waals surface area contributed by atoms with Gasteiger partial charge in [-0.3, -0.25) is 9.69 Å². The van der Waals surface area contributed by atoms with Crippen LogP contribution in [0.15, 0.2) is 28.7 Å². The van der Waals surface area contributed by atoms with Gasteiger partial charge < -0.3 is 4.57 Å². The Morgan fingerprint density at radius 2 is 1.88 bits per heavy atom. The third-order valence-corrected chi connectivity index (χ3v) is 5.94. The summed E-state index contributed by atoms with van der Waals surface area (Å²) in [6.07, 6.45) is 3.68. The summed E-state index contributed by atoms with van der Waals surface area (Å²) in [4.78, 5) is 15.0. The van der Waals surface area contributed by atoms with Gasteiger partial charge in [-0.2, -0.15) is 0 Å². The smallest absolute Gasteiger partial charge is 0.178 e. The Hall–Kier alpha value is -1.10. The predicted molar refractivity (Wildman–Crippen MR) is 103 cm³/mol. The molecule has 1 aliphatic heterocycles. The molecule has 0 bridgehead atoms. The van der Waals surface area contributed by atoms with E-state index in [4.69, 9.17) is 11.6 Å². The van der Waals surface area contributed by atoms with Gasteiger partial charge in [0.2, 0.25) is 0 Å². The van der Waals surface area contributed by atoms with Gasteiger partial charge in [-0.1, -0.05) is 18.0 Å². The second-order valence-electron chi connectivity index (χ2n) is 6.48. The summed E-state index contributed by atoms with van der Waals surface area (Å²) in [6.45, 7) is 6.62. The van der Waals surface area contributed by atoms with Gasteiger partial charge in [-0.15, -0.1) is 0 Å². The van der Waals surface area contributed by atoms with Crippen molar-refractivity contribution < 1.29 is 4.79 Å². The van der Waals surface area contributed by atoms with Crippen LogP contribution in [0.5, 0.6) is 0 Å². The molecule has 3 nitrogen and oxygen atoms in total. The van der Waals surface area contributed by atoms with Crippen LogP contribution in [0.2, 0.25) is 5.02 Å². The summed E-state index contributed by atoms with van der Waals surface area (Å²) in [5.74, 6) is 0.208. The molecule has 1 fully saturated rings. The largest absolute Gasteiger partial charge is 0.318 e. The van der Waals surface area contributed by atoms with Crippen LogP contribution in [0.4, 0.5) is 0 Å². The lowest BCUT2D eigenvalue weighted by Crippen LogP contribution is -2.34. The molecule has 0 spiro atoms. The van der Waals surface area contributed by atoms with Crippen LogP contribution < -0.4 is 0 Å². The zero-order chi connectivity index (χ0) is 17.3. The highest BCUT2D eigenvalue weighted by Crippen LogP contribution is 2.28. The van der Waals surface area contributed by atoms with Crippen molar-refractivity contribution in [1.82, 2.24) is 9.47 Å². The molecule has 5 heteroatoms. The minimum absolute atomic E-state index is 0.208. The van der Waals surface area contributed by atoms with Gasteiger partial charge in [-0.25, -0.2) is 0 Å². The molecule has 0 amide bonds. The fourth-order valence-electron chi connectivity index (χ4n) is 3.47. The Balaban J connectivity index is 1.88. The molecule has 128 valence electrons. The van der Waals surface area contributed by atoms with Crippen LogP contribution in [0.25, 0.3) is 5.69 Å². The van der Waals surface area contributed by atoms with Gasteiger partial charge in [0, 0.05) is 27.1 Å². The van der Waals surface area contributed by atoms with E-state index in [1.165, 1.54) is 19.3 Å². The molecular formula is C19H22BrClN2O. The Labute approximate surface area is 156 Å². The van der Waals surface area contributed by atoms with Crippen LogP contribution in [0.1, 0.15) is 41.0 Å². The number of likely N-dealkylation sites (tertiary alicyclic amines) is 1. The number of aryl methyl sites for hydroxylation is 1. The summed E-state index contributed by atoms with van der Waals surface area (Å²) in [5, 5.41) is 0.668. The number of carbonyl (C=O) groups excluding carboxylic acids is 1. The molecule has 24 heavy (non-hydrogen) atoms. The van der Waals surface area contributed by atoms with Crippen LogP contribution >= 0.6 is 27.5 Å². The Bertz CT molecular complexity index is 763. The highest BCUT2D eigenvalue weighted by atomic mass is 79.9. The van der Waals surface area contributed by atoms with Gasteiger partial charge in [0.25, 0.3) is 0 Å². The van der Waals surface area contributed by atoms with E-state index < -0.39 is 0 Å². The first kappa shape index (κ1) is 17.7. The van der Waals surface area contributed by atoms with Crippen molar-refractivity contribution in [3.63, 3.8) is 0 Å². The van der Waals surface area contributed by atoms with Crippen molar-refractivity contribution in [2.45, 2.75) is 33.1 Å². The summed E-state index contributed by atoms with van der Waals surface area (Å²) in [6, 6.07) is 7.86. The number of hydrogen-bond donors (Lipinski definition) is 0. The van der Waals surface area contributed by atoms with Crippen molar-refractivity contribution >= 4 is 33.3 Å². The maximum absolute atomic E-state index is 12.8. The van der Waals surface area contributed by atoms with E-state index in [9.17, 15) is 4.79 Å². The Morgan fingerprint density at radius 3 is 2.54 bits per heavy atom. The van der Waals surface area contributed by atoms with Crippen LogP contribution in [-0.2, 0) is 0 Å². The van der Waals surface area contributed by atoms with Gasteiger partial charge >= 0.3 is 0 Å². The molecule has 1 saturated heterocycles. The second kappa shape index (κ2) is 7.42. The van der Waals surface area contributed by atoms with E-state index >= 15 is 0 Å². The standard InChI is InChI=1S/C19H22BrClN2O/c1-13-10-16(19(24)12-22-8-4-3-5-9-22)14(2)23(13)15-6-7-17(20)18(21)11-15/h6-7,10-11H,3-5,8-9,12H2,1-2H3. The number of aromatic nitrogens is 1. The number of rotatable bonds is 4. The molecule has 0 saturated carbocycles. The third-order valence-electron chi connectivity index (χ3n) is 4.71. The van der Waals surface area contributed by atoms with Gasteiger partial charge in [-0.05, 0) is 80.0 Å². The minimum atomic E-state index is 0.208. The molecule has 1 aromatic carbocycles. The van der Waals surface area contributed by atoms with Gasteiger partial charge in [0.15, 0.2) is 5.78 Å². The number of nitrogens with zero attached hydrogens (tertiary/aromatic N) is 2. The molecule has 0 radical (unpaired) electrons. The fourth-order valence-corrected chi connectivity index (χ4v) is 3.89. The van der Waals surface area contributed by atoms with Crippen LogP contribution in [-0.4, -0.2) is 34.9 Å². The van der Waals surface area contributed by atoms with E-state index in [-0.39, 0.29) is 5.78 Å². The summed E-state index contributed by atoms with van der Waals surface area (Å²) < 4.78 is 2.97. The number of halogens is 2. The molecule has 0 aliphatic carbocycles. The first-order chi connectivity index (χ1) is 11.5. The van der Waals surface area contributed by atoms with Crippen molar-refractivity contribution in [2.75, 3.05) is 19.6 Å². The van der Waals surface area contributed by atoms with E-state index in [2.05, 4.69) is 25.4 Å². The SMILES string of the molecule is Cc1cc(C(=O)CN2CCCCC2)c(C)n1-c1ccc(Br)c(Cl)c1. The van der Waals surface area contributed by atoms with Crippen LogP contribution in [0, 0.1) is 13.8 Å². The molecular weight excluding hydrogens is 388 g/mol. The minimum Gasteiger partial charge on any atom is -0.318 e. The van der Waals surface area contributed by atoms with Crippen molar-refractivity contribution in [3.05, 3.63) is 50.7 Å². The van der Waals surface area contributed by atoms with Gasteiger partial charge in [0.05, 0.1) is 11.6 Å². The van der Waals surface area contributed by atoms with Crippen molar-refractivity contribution in [1.29, 1.82) is 0 Å². The average Bonchev–Trinajstić information content (AvgIpc) is 2.86. The lowest BCUT2D eigenvalue weighted by molar-refractivity contribution is 0.0915. The number of piperidine rings is 1. The van der Waals surface area contributed by atoms with Crippen LogP contribution in [0.3, 0.4) is 0 Å². The Morgan fingerprint density at radius 1 is 1.17 bits per heavy atom. The highest BCUT2D eigenvalue weighted by molar-refractivity contribution is 9.10. The number of Topliss-reactive ketones (excluding diaryl/α,β-unsaturated/α-hetero) is 1. The first-order valence-electron chi connectivity index (χ1n) is 8.37. The van der Waals surface area contributed by atoms with E-state index in [0.29, 0.717) is 11.6 Å². The Kier molecular flexibility index (Phi) is 5.48. The lowest BCUT2D eigenvalue weighted by Gasteiger charge is -2.25. The fraction of sp³-hybridized carbons (Fsp3) is 0.421. The molecule has 0 unspecified atom stereocenters. The highest BCUT2D eigenvalue weighted by Gasteiger charge is 2.20. The van der Waals surface area contributed by atoms with Crippen molar-refractivity contribution in [3.8, 4) is 5.69 Å². The van der Waals surface area contributed by atoms with E-state index in [1.807, 2.05) is 38.1 Å². The lowest BCUT2D eigenvalue weighted by atomic mass is 10.1. The molecule has 0 atom stereocenters. The normalized spacial score (nSPS) is 15.7. The summed E-state index contributed by atoms with van der Waals surface area (Å²) in [5.41, 5.74) is 3.83. The quantitative estimate of drug-likeness (QED) is 0.650. The molecule has 3 rings (SSSR count).